The van der Waals surface area contributed by atoms with Gasteiger partial charge in [0.25, 0.3) is 0 Å². The van der Waals surface area contributed by atoms with Crippen molar-refractivity contribution in [2.75, 3.05) is 0 Å². The second-order valence-corrected chi connectivity index (χ2v) is 2.93. The first-order valence-electron chi connectivity index (χ1n) is 4.24. The molecular weight excluding hydrogens is 202 g/mol. The Bertz CT molecular complexity index is 297. The van der Waals surface area contributed by atoms with E-state index in [1.807, 2.05) is 6.92 Å². The molecule has 0 heterocycles. The highest BCUT2D eigenvalue weighted by Gasteiger charge is 2.12. The summed E-state index contributed by atoms with van der Waals surface area (Å²) in [6, 6.07) is 5.68. The molecule has 0 fully saturated rings. The van der Waals surface area contributed by atoms with Crippen LogP contribution in [0.25, 0.3) is 0 Å². The zero-order valence-electron chi connectivity index (χ0n) is 7.93. The number of nitrogens with two attached hydrogens (primary N) is 1. The second kappa shape index (κ2) is 5.62. The molecule has 1 rings (SSSR count). The summed E-state index contributed by atoms with van der Waals surface area (Å²) >= 11 is 0. The summed E-state index contributed by atoms with van der Waals surface area (Å²) in [5.74, 6) is 0.0733. The van der Waals surface area contributed by atoms with Crippen molar-refractivity contribution in [3.63, 3.8) is 0 Å². The first-order chi connectivity index (χ1) is 6.15. The number of phenols is 1. The molecule has 0 saturated carbocycles. The van der Waals surface area contributed by atoms with Gasteiger partial charge in [-0.05, 0) is 30.7 Å². The van der Waals surface area contributed by atoms with Crippen molar-refractivity contribution in [1.82, 2.24) is 0 Å². The lowest BCUT2D eigenvalue weighted by Gasteiger charge is -2.06. The fourth-order valence-corrected chi connectivity index (χ4v) is 1.03. The smallest absolute Gasteiger partial charge is 0.179 e. The second-order valence-electron chi connectivity index (χ2n) is 2.93. The number of phenolic OH excluding ortho intramolecular Hbond substituents is 1. The van der Waals surface area contributed by atoms with E-state index in [-0.39, 0.29) is 23.9 Å². The monoisotopic (exact) mass is 215 g/mol. The summed E-state index contributed by atoms with van der Waals surface area (Å²) in [7, 11) is 0. The van der Waals surface area contributed by atoms with Gasteiger partial charge in [-0.1, -0.05) is 6.92 Å². The highest BCUT2D eigenvalue weighted by atomic mass is 35.5. The maximum Gasteiger partial charge on any atom is 0.179 e. The molecule has 0 aliphatic rings. The van der Waals surface area contributed by atoms with Gasteiger partial charge in [-0.3, -0.25) is 4.79 Å². The van der Waals surface area contributed by atoms with Gasteiger partial charge in [-0.15, -0.1) is 12.4 Å². The Morgan fingerprint density at radius 3 is 2.36 bits per heavy atom. The van der Waals surface area contributed by atoms with E-state index in [0.29, 0.717) is 12.0 Å². The van der Waals surface area contributed by atoms with Crippen molar-refractivity contribution in [2.45, 2.75) is 19.4 Å². The molecule has 4 heteroatoms. The van der Waals surface area contributed by atoms with Crippen LogP contribution < -0.4 is 5.73 Å². The highest BCUT2D eigenvalue weighted by molar-refractivity contribution is 5.99. The van der Waals surface area contributed by atoms with Crippen LogP contribution in [-0.2, 0) is 0 Å². The van der Waals surface area contributed by atoms with E-state index < -0.39 is 6.04 Å². The molecule has 0 aliphatic carbocycles. The fourth-order valence-electron chi connectivity index (χ4n) is 1.03. The molecule has 0 spiro atoms. The zero-order chi connectivity index (χ0) is 9.84. The van der Waals surface area contributed by atoms with Crippen molar-refractivity contribution < 1.29 is 9.90 Å². The summed E-state index contributed by atoms with van der Waals surface area (Å²) in [6.07, 6.45) is 0.625. The SMILES string of the molecule is CCC(N)C(=O)c1ccc(O)cc1.Cl. The van der Waals surface area contributed by atoms with Crippen LogP contribution in [0.5, 0.6) is 5.75 Å². The Morgan fingerprint density at radius 2 is 1.93 bits per heavy atom. The molecule has 3 nitrogen and oxygen atoms in total. The number of benzene rings is 1. The highest BCUT2D eigenvalue weighted by Crippen LogP contribution is 2.11. The third-order valence-electron chi connectivity index (χ3n) is 1.93. The van der Waals surface area contributed by atoms with E-state index in [1.54, 1.807) is 12.1 Å². The molecule has 1 aromatic carbocycles. The lowest BCUT2D eigenvalue weighted by atomic mass is 10.0. The van der Waals surface area contributed by atoms with Gasteiger partial charge < -0.3 is 10.8 Å². The molecule has 1 unspecified atom stereocenters. The lowest BCUT2D eigenvalue weighted by molar-refractivity contribution is 0.0959. The van der Waals surface area contributed by atoms with Crippen LogP contribution in [0.1, 0.15) is 23.7 Å². The number of ketones is 1. The van der Waals surface area contributed by atoms with E-state index in [4.69, 9.17) is 10.8 Å². The Hall–Kier alpha value is -1.06. The molecule has 0 bridgehead atoms. The minimum absolute atomic E-state index is 0. The van der Waals surface area contributed by atoms with Gasteiger partial charge in [-0.2, -0.15) is 0 Å². The Labute approximate surface area is 89.3 Å². The van der Waals surface area contributed by atoms with Gasteiger partial charge in [-0.25, -0.2) is 0 Å². The van der Waals surface area contributed by atoms with Crippen molar-refractivity contribution in [1.29, 1.82) is 0 Å². The molecule has 1 aromatic rings. The summed E-state index contributed by atoms with van der Waals surface area (Å²) in [5.41, 5.74) is 6.12. The molecule has 0 amide bonds. The van der Waals surface area contributed by atoms with Gasteiger partial charge in [0.15, 0.2) is 5.78 Å². The maximum absolute atomic E-state index is 11.5. The minimum Gasteiger partial charge on any atom is -0.508 e. The maximum atomic E-state index is 11.5. The zero-order valence-corrected chi connectivity index (χ0v) is 8.75. The van der Waals surface area contributed by atoms with E-state index in [2.05, 4.69) is 0 Å². The first kappa shape index (κ1) is 12.9. The number of aromatic hydroxyl groups is 1. The molecule has 78 valence electrons. The van der Waals surface area contributed by atoms with Gasteiger partial charge in [0.05, 0.1) is 6.04 Å². The molecule has 0 saturated heterocycles. The van der Waals surface area contributed by atoms with Crippen LogP contribution >= 0.6 is 12.4 Å². The standard InChI is InChI=1S/C10H13NO2.ClH/c1-2-9(11)10(13)7-3-5-8(12)6-4-7;/h3-6,9,12H,2,11H2,1H3;1H. The van der Waals surface area contributed by atoms with Crippen LogP contribution in [0, 0.1) is 0 Å². The average molecular weight is 216 g/mol. The van der Waals surface area contributed by atoms with Gasteiger partial charge in [0.1, 0.15) is 5.75 Å². The van der Waals surface area contributed by atoms with E-state index in [0.717, 1.165) is 0 Å². The summed E-state index contributed by atoms with van der Waals surface area (Å²) in [4.78, 5) is 11.5. The number of halogens is 1. The molecule has 0 aromatic heterocycles. The van der Waals surface area contributed by atoms with E-state index >= 15 is 0 Å². The third-order valence-corrected chi connectivity index (χ3v) is 1.93. The summed E-state index contributed by atoms with van der Waals surface area (Å²) < 4.78 is 0. The van der Waals surface area contributed by atoms with E-state index in [9.17, 15) is 4.79 Å². The van der Waals surface area contributed by atoms with Gasteiger partial charge >= 0.3 is 0 Å². The van der Waals surface area contributed by atoms with Crippen molar-refractivity contribution in [3.8, 4) is 5.75 Å². The van der Waals surface area contributed by atoms with E-state index in [1.165, 1.54) is 12.1 Å². The average Bonchev–Trinajstić information content (AvgIpc) is 2.17. The van der Waals surface area contributed by atoms with Gasteiger partial charge in [0, 0.05) is 5.56 Å². The van der Waals surface area contributed by atoms with Crippen molar-refractivity contribution in [2.24, 2.45) is 5.73 Å². The normalized spacial score (nSPS) is 11.6. The third kappa shape index (κ3) is 3.01. The number of carbonyl (C=O) groups excluding carboxylic acids is 1. The number of carbonyl (C=O) groups is 1. The quantitative estimate of drug-likeness (QED) is 0.755. The predicted octanol–water partition coefficient (Wildman–Crippen LogP) is 1.73. The number of Topliss-reactive ketones (excluding diaryl/α,β-unsaturated/α-hetero) is 1. The molecule has 3 N–H and O–H groups in total. The van der Waals surface area contributed by atoms with Crippen LogP contribution in [0.15, 0.2) is 24.3 Å². The molecule has 1 atom stereocenters. The predicted molar refractivity (Wildman–Crippen MR) is 58.0 cm³/mol. The minimum atomic E-state index is -0.440. The molecule has 0 radical (unpaired) electrons. The summed E-state index contributed by atoms with van der Waals surface area (Å²) in [6.45, 7) is 1.86. The van der Waals surface area contributed by atoms with Crippen molar-refractivity contribution >= 4 is 18.2 Å². The molecule has 0 aliphatic heterocycles. The van der Waals surface area contributed by atoms with Crippen LogP contribution in [0.2, 0.25) is 0 Å². The fraction of sp³-hybridized carbons (Fsp3) is 0.300. The Morgan fingerprint density at radius 1 is 1.43 bits per heavy atom. The number of rotatable bonds is 3. The largest absolute Gasteiger partial charge is 0.508 e. The number of hydrogen-bond acceptors (Lipinski definition) is 3. The first-order valence-corrected chi connectivity index (χ1v) is 4.24. The van der Waals surface area contributed by atoms with Crippen molar-refractivity contribution in [3.05, 3.63) is 29.8 Å². The lowest BCUT2D eigenvalue weighted by Crippen LogP contribution is -2.29. The number of hydrogen-bond donors (Lipinski definition) is 2. The Kier molecular flexibility index (Phi) is 5.20. The Balaban J connectivity index is 0.00000169. The summed E-state index contributed by atoms with van der Waals surface area (Å²) in [5, 5.41) is 8.99. The van der Waals surface area contributed by atoms with Gasteiger partial charge in [0.2, 0.25) is 0 Å². The topological polar surface area (TPSA) is 63.3 Å². The van der Waals surface area contributed by atoms with Crippen LogP contribution in [-0.4, -0.2) is 16.9 Å². The molecular formula is C10H14ClNO2. The van der Waals surface area contributed by atoms with Crippen LogP contribution in [0.4, 0.5) is 0 Å². The van der Waals surface area contributed by atoms with Crippen LogP contribution in [0.3, 0.4) is 0 Å². The molecule has 14 heavy (non-hydrogen) atoms.